The van der Waals surface area contributed by atoms with E-state index in [2.05, 4.69) is 26.2 Å². The third kappa shape index (κ3) is 2.92. The largest absolute Gasteiger partial charge is 0.477 e. The molecule has 0 saturated carbocycles. The molecule has 0 bridgehead atoms. The summed E-state index contributed by atoms with van der Waals surface area (Å²) in [5, 5.41) is 3.32. The molecule has 0 radical (unpaired) electrons. The summed E-state index contributed by atoms with van der Waals surface area (Å²) in [5.41, 5.74) is 1.14. The number of nitrogens with one attached hydrogen (secondary N) is 1. The average molecular weight is 271 g/mol. The number of ether oxygens (including phenoxy) is 1. The van der Waals surface area contributed by atoms with E-state index in [4.69, 9.17) is 4.74 Å². The molecule has 2 heterocycles. The second-order valence-electron chi connectivity index (χ2n) is 3.97. The summed E-state index contributed by atoms with van der Waals surface area (Å²) >= 11 is 3.45. The minimum absolute atomic E-state index is 0.625. The summed E-state index contributed by atoms with van der Waals surface area (Å²) in [4.78, 5) is 4.25. The van der Waals surface area contributed by atoms with Crippen molar-refractivity contribution in [2.24, 2.45) is 5.92 Å². The van der Waals surface area contributed by atoms with Crippen LogP contribution in [0.1, 0.15) is 12.0 Å². The van der Waals surface area contributed by atoms with Gasteiger partial charge in [0.05, 0.1) is 11.1 Å². The molecule has 0 aliphatic carbocycles. The first-order valence-electron chi connectivity index (χ1n) is 5.21. The van der Waals surface area contributed by atoms with Gasteiger partial charge in [-0.1, -0.05) is 0 Å². The lowest BCUT2D eigenvalue weighted by atomic mass is 10.1. The highest BCUT2D eigenvalue weighted by Gasteiger charge is 2.15. The third-order valence-electron chi connectivity index (χ3n) is 2.56. The van der Waals surface area contributed by atoms with Crippen molar-refractivity contribution in [3.8, 4) is 5.88 Å². The van der Waals surface area contributed by atoms with Crippen LogP contribution in [0.4, 0.5) is 0 Å². The minimum atomic E-state index is 0.625. The summed E-state index contributed by atoms with van der Waals surface area (Å²) in [7, 11) is 0. The van der Waals surface area contributed by atoms with Gasteiger partial charge in [0.25, 0.3) is 0 Å². The van der Waals surface area contributed by atoms with E-state index in [1.165, 1.54) is 6.42 Å². The van der Waals surface area contributed by atoms with Crippen molar-refractivity contribution < 1.29 is 4.74 Å². The molecular weight excluding hydrogens is 256 g/mol. The molecule has 3 nitrogen and oxygen atoms in total. The maximum Gasteiger partial charge on any atom is 0.227 e. The first kappa shape index (κ1) is 10.9. The summed E-state index contributed by atoms with van der Waals surface area (Å²) in [6.07, 6.45) is 3.02. The van der Waals surface area contributed by atoms with Crippen LogP contribution in [0.3, 0.4) is 0 Å². The van der Waals surface area contributed by atoms with Crippen LogP contribution in [0, 0.1) is 12.8 Å². The Morgan fingerprint density at radius 2 is 2.53 bits per heavy atom. The fourth-order valence-corrected chi connectivity index (χ4v) is 2.26. The molecule has 1 aromatic rings. The smallest absolute Gasteiger partial charge is 0.227 e. The normalized spacial score (nSPS) is 20.5. The van der Waals surface area contributed by atoms with Gasteiger partial charge in [0.2, 0.25) is 5.88 Å². The molecule has 1 aliphatic heterocycles. The maximum atomic E-state index is 5.68. The number of aromatic nitrogens is 1. The van der Waals surface area contributed by atoms with Gasteiger partial charge in [-0.05, 0) is 47.4 Å². The lowest BCUT2D eigenvalue weighted by Crippen LogP contribution is -2.16. The van der Waals surface area contributed by atoms with Crippen molar-refractivity contribution >= 4 is 15.9 Å². The Hall–Kier alpha value is -0.610. The van der Waals surface area contributed by atoms with E-state index in [1.807, 2.05) is 19.2 Å². The predicted molar refractivity (Wildman–Crippen MR) is 63.1 cm³/mol. The number of pyridine rings is 1. The zero-order valence-corrected chi connectivity index (χ0v) is 10.4. The highest BCUT2D eigenvalue weighted by molar-refractivity contribution is 9.10. The van der Waals surface area contributed by atoms with Crippen molar-refractivity contribution in [3.05, 3.63) is 22.3 Å². The Morgan fingerprint density at radius 1 is 1.67 bits per heavy atom. The molecule has 4 heteroatoms. The Balaban J connectivity index is 1.92. The SMILES string of the molecule is Cc1cnc(OCC2CCNC2)c(Br)c1. The quantitative estimate of drug-likeness (QED) is 0.914. The van der Waals surface area contributed by atoms with Crippen molar-refractivity contribution in [2.75, 3.05) is 19.7 Å². The first-order valence-corrected chi connectivity index (χ1v) is 6.00. The number of aryl methyl sites for hydroxylation is 1. The van der Waals surface area contributed by atoms with Crippen LogP contribution in [-0.2, 0) is 0 Å². The van der Waals surface area contributed by atoms with Crippen LogP contribution in [0.2, 0.25) is 0 Å². The van der Waals surface area contributed by atoms with Crippen molar-refractivity contribution in [1.29, 1.82) is 0 Å². The van der Waals surface area contributed by atoms with Crippen LogP contribution in [-0.4, -0.2) is 24.7 Å². The Kier molecular flexibility index (Phi) is 3.59. The lowest BCUT2D eigenvalue weighted by molar-refractivity contribution is 0.249. The standard InChI is InChI=1S/C11H15BrN2O/c1-8-4-10(12)11(14-5-8)15-7-9-2-3-13-6-9/h4-5,9,13H,2-3,6-7H2,1H3. The van der Waals surface area contributed by atoms with E-state index in [-0.39, 0.29) is 0 Å². The van der Waals surface area contributed by atoms with Crippen LogP contribution in [0.25, 0.3) is 0 Å². The highest BCUT2D eigenvalue weighted by Crippen LogP contribution is 2.23. The molecule has 0 amide bonds. The molecule has 1 aliphatic rings. The monoisotopic (exact) mass is 270 g/mol. The van der Waals surface area contributed by atoms with E-state index in [1.54, 1.807) is 0 Å². The first-order chi connectivity index (χ1) is 7.25. The number of hydrogen-bond donors (Lipinski definition) is 1. The lowest BCUT2D eigenvalue weighted by Gasteiger charge is -2.11. The topological polar surface area (TPSA) is 34.1 Å². The summed E-state index contributed by atoms with van der Waals surface area (Å²) in [6, 6.07) is 2.02. The second kappa shape index (κ2) is 4.94. The van der Waals surface area contributed by atoms with Crippen LogP contribution >= 0.6 is 15.9 Å². The zero-order chi connectivity index (χ0) is 10.7. The zero-order valence-electron chi connectivity index (χ0n) is 8.79. The molecule has 1 saturated heterocycles. The summed E-state index contributed by atoms with van der Waals surface area (Å²) in [6.45, 7) is 4.93. The minimum Gasteiger partial charge on any atom is -0.477 e. The van der Waals surface area contributed by atoms with Gasteiger partial charge in [-0.25, -0.2) is 4.98 Å². The van der Waals surface area contributed by atoms with E-state index in [0.29, 0.717) is 11.8 Å². The summed E-state index contributed by atoms with van der Waals surface area (Å²) in [5.74, 6) is 1.33. The molecule has 1 atom stereocenters. The molecule has 1 N–H and O–H groups in total. The van der Waals surface area contributed by atoms with Crippen molar-refractivity contribution in [2.45, 2.75) is 13.3 Å². The van der Waals surface area contributed by atoms with E-state index in [0.717, 1.165) is 29.7 Å². The second-order valence-corrected chi connectivity index (χ2v) is 4.82. The van der Waals surface area contributed by atoms with Gasteiger partial charge in [-0.3, -0.25) is 0 Å². The fourth-order valence-electron chi connectivity index (χ4n) is 1.68. The maximum absolute atomic E-state index is 5.68. The van der Waals surface area contributed by atoms with Gasteiger partial charge in [0.15, 0.2) is 0 Å². The Morgan fingerprint density at radius 3 is 3.20 bits per heavy atom. The molecule has 1 unspecified atom stereocenters. The number of halogens is 1. The predicted octanol–water partition coefficient (Wildman–Crippen LogP) is 2.14. The van der Waals surface area contributed by atoms with Crippen LogP contribution in [0.5, 0.6) is 5.88 Å². The van der Waals surface area contributed by atoms with E-state index < -0.39 is 0 Å². The molecule has 2 rings (SSSR count). The number of nitrogens with zero attached hydrogens (tertiary/aromatic N) is 1. The third-order valence-corrected chi connectivity index (χ3v) is 3.13. The number of hydrogen-bond acceptors (Lipinski definition) is 3. The Labute approximate surface area is 98.4 Å². The van der Waals surface area contributed by atoms with Gasteiger partial charge in [0, 0.05) is 18.7 Å². The molecular formula is C11H15BrN2O. The Bertz CT molecular complexity index is 337. The number of rotatable bonds is 3. The van der Waals surface area contributed by atoms with Gasteiger partial charge in [0.1, 0.15) is 0 Å². The van der Waals surface area contributed by atoms with Crippen molar-refractivity contribution in [3.63, 3.8) is 0 Å². The van der Waals surface area contributed by atoms with Gasteiger partial charge < -0.3 is 10.1 Å². The highest BCUT2D eigenvalue weighted by atomic mass is 79.9. The molecule has 82 valence electrons. The summed E-state index contributed by atoms with van der Waals surface area (Å²) < 4.78 is 6.62. The van der Waals surface area contributed by atoms with Crippen LogP contribution < -0.4 is 10.1 Å². The molecule has 0 spiro atoms. The van der Waals surface area contributed by atoms with Crippen LogP contribution in [0.15, 0.2) is 16.7 Å². The van der Waals surface area contributed by atoms with E-state index in [9.17, 15) is 0 Å². The average Bonchev–Trinajstić information content (AvgIpc) is 2.69. The van der Waals surface area contributed by atoms with Crippen molar-refractivity contribution in [1.82, 2.24) is 10.3 Å². The van der Waals surface area contributed by atoms with Gasteiger partial charge >= 0.3 is 0 Å². The molecule has 1 aromatic heterocycles. The fraction of sp³-hybridized carbons (Fsp3) is 0.545. The van der Waals surface area contributed by atoms with E-state index >= 15 is 0 Å². The molecule has 15 heavy (non-hydrogen) atoms. The van der Waals surface area contributed by atoms with Gasteiger partial charge in [-0.15, -0.1) is 0 Å². The molecule has 0 aromatic carbocycles. The molecule has 1 fully saturated rings. The van der Waals surface area contributed by atoms with Gasteiger partial charge in [-0.2, -0.15) is 0 Å².